The number of nitrogens with zero attached hydrogens (tertiary/aromatic N) is 1. The Morgan fingerprint density at radius 1 is 1.14 bits per heavy atom. The second-order valence-corrected chi connectivity index (χ2v) is 8.15. The number of halogens is 2. The van der Waals surface area contributed by atoms with Crippen molar-refractivity contribution >= 4 is 51.6 Å². The van der Waals surface area contributed by atoms with E-state index in [-0.39, 0.29) is 35.0 Å². The quantitative estimate of drug-likeness (QED) is 0.265. The number of ether oxygens (including phenoxy) is 1. The Morgan fingerprint density at radius 2 is 1.76 bits per heavy atom. The molecular formula is C19H26ClIN4O3S. The van der Waals surface area contributed by atoms with Gasteiger partial charge >= 0.3 is 0 Å². The van der Waals surface area contributed by atoms with E-state index in [2.05, 4.69) is 15.6 Å². The Balaban J connectivity index is 0.00000420. The average molecular weight is 553 g/mol. The van der Waals surface area contributed by atoms with Gasteiger partial charge < -0.3 is 15.4 Å². The highest BCUT2D eigenvalue weighted by molar-refractivity contribution is 14.0. The van der Waals surface area contributed by atoms with Crippen molar-refractivity contribution in [2.45, 2.75) is 31.4 Å². The maximum absolute atomic E-state index is 11.3. The molecule has 2 aromatic rings. The molecule has 1 unspecified atom stereocenters. The zero-order valence-electron chi connectivity index (χ0n) is 16.3. The van der Waals surface area contributed by atoms with Crippen molar-refractivity contribution in [2.24, 2.45) is 10.1 Å². The summed E-state index contributed by atoms with van der Waals surface area (Å²) in [5.41, 5.74) is 0.870. The van der Waals surface area contributed by atoms with Gasteiger partial charge in [0.2, 0.25) is 10.0 Å². The molecule has 0 aliphatic carbocycles. The van der Waals surface area contributed by atoms with Crippen molar-refractivity contribution in [3.05, 3.63) is 59.1 Å². The van der Waals surface area contributed by atoms with Crippen LogP contribution < -0.4 is 20.5 Å². The molecule has 7 nitrogen and oxygen atoms in total. The van der Waals surface area contributed by atoms with Crippen LogP contribution in [0.15, 0.2) is 58.4 Å². The van der Waals surface area contributed by atoms with Gasteiger partial charge in [-0.05, 0) is 55.8 Å². The van der Waals surface area contributed by atoms with Crippen molar-refractivity contribution in [3.63, 3.8) is 0 Å². The summed E-state index contributed by atoms with van der Waals surface area (Å²) < 4.78 is 28.4. The average Bonchev–Trinajstić information content (AvgIpc) is 2.65. The second-order valence-electron chi connectivity index (χ2n) is 6.15. The number of aliphatic imine (C=N–C) groups is 1. The van der Waals surface area contributed by atoms with Crippen LogP contribution in [0.1, 0.15) is 19.4 Å². The Labute approximate surface area is 194 Å². The maximum Gasteiger partial charge on any atom is 0.238 e. The molecule has 0 radical (unpaired) electrons. The number of rotatable bonds is 8. The summed E-state index contributed by atoms with van der Waals surface area (Å²) >= 11 is 5.87. The Hall–Kier alpha value is -1.56. The predicted octanol–water partition coefficient (Wildman–Crippen LogP) is 3.13. The summed E-state index contributed by atoms with van der Waals surface area (Å²) in [5.74, 6) is 1.39. The van der Waals surface area contributed by atoms with Crippen LogP contribution >= 0.6 is 35.6 Å². The van der Waals surface area contributed by atoms with E-state index in [1.807, 2.05) is 26.0 Å². The number of nitrogens with one attached hydrogen (secondary N) is 2. The van der Waals surface area contributed by atoms with E-state index < -0.39 is 10.0 Å². The first kappa shape index (κ1) is 25.5. The van der Waals surface area contributed by atoms with Crippen LogP contribution in [0.25, 0.3) is 0 Å². The van der Waals surface area contributed by atoms with Crippen LogP contribution in [-0.2, 0) is 16.6 Å². The molecule has 2 aromatic carbocycles. The molecule has 1 atom stereocenters. The summed E-state index contributed by atoms with van der Waals surface area (Å²) in [7, 11) is -3.69. The number of guanidine groups is 1. The van der Waals surface area contributed by atoms with Gasteiger partial charge in [0, 0.05) is 11.6 Å². The molecule has 0 spiro atoms. The SMILES string of the molecule is CCNC(=NCc1ccc(S(N)(=O)=O)cc1)NCC(C)Oc1ccc(Cl)cc1.I. The number of hydrogen-bond acceptors (Lipinski definition) is 4. The number of benzene rings is 2. The zero-order valence-corrected chi connectivity index (χ0v) is 20.2. The third kappa shape index (κ3) is 9.20. The fourth-order valence-corrected chi connectivity index (χ4v) is 2.97. The minimum absolute atomic E-state index is 0. The molecule has 10 heteroatoms. The lowest BCUT2D eigenvalue weighted by atomic mass is 10.2. The fourth-order valence-electron chi connectivity index (χ4n) is 2.32. The fraction of sp³-hybridized carbons (Fsp3) is 0.316. The van der Waals surface area contributed by atoms with Crippen LogP contribution in [-0.4, -0.2) is 33.6 Å². The van der Waals surface area contributed by atoms with E-state index in [9.17, 15) is 8.42 Å². The molecule has 0 heterocycles. The normalized spacial score (nSPS) is 12.6. The van der Waals surface area contributed by atoms with Gasteiger partial charge in [0.1, 0.15) is 11.9 Å². The van der Waals surface area contributed by atoms with E-state index in [1.54, 1.807) is 24.3 Å². The monoisotopic (exact) mass is 552 g/mol. The van der Waals surface area contributed by atoms with Crippen molar-refractivity contribution in [3.8, 4) is 5.75 Å². The van der Waals surface area contributed by atoms with Gasteiger partial charge in [-0.1, -0.05) is 23.7 Å². The van der Waals surface area contributed by atoms with Gasteiger partial charge in [-0.2, -0.15) is 0 Å². The zero-order chi connectivity index (χ0) is 20.6. The molecule has 0 saturated carbocycles. The largest absolute Gasteiger partial charge is 0.489 e. The minimum atomic E-state index is -3.69. The lowest BCUT2D eigenvalue weighted by molar-refractivity contribution is 0.224. The number of primary sulfonamides is 1. The first-order valence-electron chi connectivity index (χ1n) is 8.84. The second kappa shape index (κ2) is 12.2. The molecule has 0 aliphatic heterocycles. The van der Waals surface area contributed by atoms with Gasteiger partial charge in [-0.25, -0.2) is 18.5 Å². The highest BCUT2D eigenvalue weighted by atomic mass is 127. The van der Waals surface area contributed by atoms with E-state index >= 15 is 0 Å². The number of hydrogen-bond donors (Lipinski definition) is 3. The smallest absolute Gasteiger partial charge is 0.238 e. The van der Waals surface area contributed by atoms with Gasteiger partial charge in [-0.15, -0.1) is 24.0 Å². The van der Waals surface area contributed by atoms with E-state index in [1.165, 1.54) is 12.1 Å². The van der Waals surface area contributed by atoms with Gasteiger partial charge in [0.15, 0.2) is 5.96 Å². The van der Waals surface area contributed by atoms with Crippen molar-refractivity contribution in [1.29, 1.82) is 0 Å². The lowest BCUT2D eigenvalue weighted by Crippen LogP contribution is -2.41. The summed E-state index contributed by atoms with van der Waals surface area (Å²) in [5, 5.41) is 12.2. The highest BCUT2D eigenvalue weighted by Gasteiger charge is 2.08. The molecule has 0 saturated heterocycles. The summed E-state index contributed by atoms with van der Waals surface area (Å²) in [6.07, 6.45) is -0.0842. The maximum atomic E-state index is 11.3. The van der Waals surface area contributed by atoms with Crippen LogP contribution in [0, 0.1) is 0 Å². The summed E-state index contributed by atoms with van der Waals surface area (Å²) in [6.45, 7) is 5.59. The first-order valence-corrected chi connectivity index (χ1v) is 10.8. The lowest BCUT2D eigenvalue weighted by Gasteiger charge is -2.17. The Kier molecular flexibility index (Phi) is 10.7. The third-order valence-electron chi connectivity index (χ3n) is 3.72. The number of sulfonamides is 1. The van der Waals surface area contributed by atoms with Crippen molar-refractivity contribution in [2.75, 3.05) is 13.1 Å². The van der Waals surface area contributed by atoms with Crippen molar-refractivity contribution in [1.82, 2.24) is 10.6 Å². The van der Waals surface area contributed by atoms with Crippen LogP contribution in [0.4, 0.5) is 0 Å². The highest BCUT2D eigenvalue weighted by Crippen LogP contribution is 2.16. The predicted molar refractivity (Wildman–Crippen MR) is 128 cm³/mol. The topological polar surface area (TPSA) is 106 Å². The Morgan fingerprint density at radius 3 is 2.31 bits per heavy atom. The van der Waals surface area contributed by atoms with Gasteiger partial charge in [-0.3, -0.25) is 0 Å². The van der Waals surface area contributed by atoms with Gasteiger partial charge in [0.05, 0.1) is 18.0 Å². The van der Waals surface area contributed by atoms with E-state index in [0.717, 1.165) is 11.3 Å². The molecule has 2 rings (SSSR count). The van der Waals surface area contributed by atoms with Crippen LogP contribution in [0.5, 0.6) is 5.75 Å². The standard InChI is InChI=1S/C19H25ClN4O3S.HI/c1-3-22-19(23-12-14(2)27-17-8-6-16(20)7-9-17)24-13-15-4-10-18(11-5-15)28(21,25)26;/h4-11,14H,3,12-13H2,1-2H3,(H2,21,25,26)(H2,22,23,24);1H. The van der Waals surface area contributed by atoms with Crippen LogP contribution in [0.3, 0.4) is 0 Å². The molecule has 29 heavy (non-hydrogen) atoms. The number of nitrogens with two attached hydrogens (primary N) is 1. The molecule has 0 aliphatic rings. The van der Waals surface area contributed by atoms with Crippen LogP contribution in [0.2, 0.25) is 5.02 Å². The first-order chi connectivity index (χ1) is 13.3. The summed E-state index contributed by atoms with van der Waals surface area (Å²) in [4.78, 5) is 4.59. The minimum Gasteiger partial charge on any atom is -0.489 e. The molecule has 0 bridgehead atoms. The molecule has 4 N–H and O–H groups in total. The molecule has 0 aromatic heterocycles. The van der Waals surface area contributed by atoms with Crippen molar-refractivity contribution < 1.29 is 13.2 Å². The molecular weight excluding hydrogens is 527 g/mol. The Bertz CT molecular complexity index is 891. The van der Waals surface area contributed by atoms with E-state index in [0.29, 0.717) is 30.6 Å². The molecule has 0 amide bonds. The van der Waals surface area contributed by atoms with E-state index in [4.69, 9.17) is 21.5 Å². The summed E-state index contributed by atoms with van der Waals surface area (Å²) in [6, 6.07) is 13.5. The molecule has 0 fully saturated rings. The molecule has 160 valence electrons. The third-order valence-corrected chi connectivity index (χ3v) is 4.90. The van der Waals surface area contributed by atoms with Gasteiger partial charge in [0.25, 0.3) is 0 Å².